The van der Waals surface area contributed by atoms with Gasteiger partial charge in [-0.2, -0.15) is 0 Å². The number of aryl methyl sites for hydroxylation is 1. The average Bonchev–Trinajstić information content (AvgIpc) is 2.93. The molecule has 2 aromatic carbocycles. The first-order valence-corrected chi connectivity index (χ1v) is 7.61. The Balaban J connectivity index is 2.09. The Bertz CT molecular complexity index is 635. The van der Waals surface area contributed by atoms with Gasteiger partial charge in [-0.3, -0.25) is 0 Å². The molecule has 1 heterocycles. The maximum atomic E-state index is 5.58. The van der Waals surface area contributed by atoms with Crippen LogP contribution in [0.2, 0.25) is 0 Å². The van der Waals surface area contributed by atoms with E-state index >= 15 is 0 Å². The molecule has 2 nitrogen and oxygen atoms in total. The van der Waals surface area contributed by atoms with Gasteiger partial charge >= 0.3 is 0 Å². The Morgan fingerprint density at radius 3 is 2.62 bits per heavy atom. The second kappa shape index (κ2) is 5.90. The van der Waals surface area contributed by atoms with E-state index in [0.29, 0.717) is 5.92 Å². The molecule has 1 aliphatic rings. The lowest BCUT2D eigenvalue weighted by atomic mass is 9.89. The number of hydrogen-bond donors (Lipinski definition) is 0. The van der Waals surface area contributed by atoms with E-state index in [2.05, 4.69) is 61.3 Å². The number of methoxy groups -OCH3 is 1. The molecule has 1 atom stereocenters. The van der Waals surface area contributed by atoms with Crippen LogP contribution in [0.3, 0.4) is 0 Å². The lowest BCUT2D eigenvalue weighted by molar-refractivity contribution is 0.411. The molecule has 1 saturated heterocycles. The maximum Gasteiger partial charge on any atom is 0.126 e. The summed E-state index contributed by atoms with van der Waals surface area (Å²) < 4.78 is 5.58. The van der Waals surface area contributed by atoms with Gasteiger partial charge in [-0.05, 0) is 56.1 Å². The second-order valence-corrected chi connectivity index (χ2v) is 6.04. The first kappa shape index (κ1) is 14.2. The van der Waals surface area contributed by atoms with Crippen LogP contribution in [0, 0.1) is 6.92 Å². The van der Waals surface area contributed by atoms with Crippen LogP contribution in [-0.4, -0.2) is 32.1 Å². The molecule has 0 aromatic heterocycles. The van der Waals surface area contributed by atoms with Gasteiger partial charge in [0.2, 0.25) is 0 Å². The van der Waals surface area contributed by atoms with Gasteiger partial charge < -0.3 is 9.64 Å². The highest BCUT2D eigenvalue weighted by atomic mass is 16.5. The molecule has 2 heteroatoms. The summed E-state index contributed by atoms with van der Waals surface area (Å²) in [5, 5.41) is 0. The molecule has 0 amide bonds. The molecule has 3 rings (SSSR count). The maximum absolute atomic E-state index is 5.58. The molecule has 21 heavy (non-hydrogen) atoms. The summed E-state index contributed by atoms with van der Waals surface area (Å²) >= 11 is 0. The van der Waals surface area contributed by atoms with Crippen molar-refractivity contribution in [3.63, 3.8) is 0 Å². The summed E-state index contributed by atoms with van der Waals surface area (Å²) in [6, 6.07) is 15.2. The van der Waals surface area contributed by atoms with Crippen LogP contribution in [0.25, 0.3) is 11.1 Å². The summed E-state index contributed by atoms with van der Waals surface area (Å²) in [4.78, 5) is 2.41. The van der Waals surface area contributed by atoms with Crippen molar-refractivity contribution in [1.29, 1.82) is 0 Å². The van der Waals surface area contributed by atoms with Gasteiger partial charge in [0.05, 0.1) is 7.11 Å². The van der Waals surface area contributed by atoms with Crippen LogP contribution in [-0.2, 0) is 0 Å². The van der Waals surface area contributed by atoms with Crippen LogP contribution in [0.4, 0.5) is 0 Å². The van der Waals surface area contributed by atoms with E-state index < -0.39 is 0 Å². The Labute approximate surface area is 127 Å². The van der Waals surface area contributed by atoms with Crippen LogP contribution in [0.1, 0.15) is 23.5 Å². The van der Waals surface area contributed by atoms with Crippen molar-refractivity contribution in [2.24, 2.45) is 0 Å². The molecule has 0 N–H and O–H groups in total. The minimum Gasteiger partial charge on any atom is -0.496 e. The fourth-order valence-corrected chi connectivity index (χ4v) is 3.32. The fourth-order valence-electron chi connectivity index (χ4n) is 3.32. The number of nitrogens with zero attached hydrogens (tertiary/aromatic N) is 1. The molecule has 0 saturated carbocycles. The zero-order valence-electron chi connectivity index (χ0n) is 13.1. The van der Waals surface area contributed by atoms with Gasteiger partial charge in [-0.1, -0.05) is 35.9 Å². The van der Waals surface area contributed by atoms with E-state index in [-0.39, 0.29) is 0 Å². The molecule has 110 valence electrons. The van der Waals surface area contributed by atoms with Crippen molar-refractivity contribution < 1.29 is 4.74 Å². The third-order valence-electron chi connectivity index (χ3n) is 4.44. The van der Waals surface area contributed by atoms with Gasteiger partial charge in [-0.15, -0.1) is 0 Å². The van der Waals surface area contributed by atoms with Crippen LogP contribution < -0.4 is 4.74 Å². The van der Waals surface area contributed by atoms with Gasteiger partial charge in [0, 0.05) is 12.1 Å². The number of benzene rings is 2. The van der Waals surface area contributed by atoms with Gasteiger partial charge in [0.1, 0.15) is 5.75 Å². The lowest BCUT2D eigenvalue weighted by Crippen LogP contribution is -2.13. The molecule has 1 unspecified atom stereocenters. The van der Waals surface area contributed by atoms with Crippen molar-refractivity contribution in [2.45, 2.75) is 19.3 Å². The first-order chi connectivity index (χ1) is 10.2. The van der Waals surface area contributed by atoms with Crippen molar-refractivity contribution in [3.8, 4) is 16.9 Å². The Hall–Kier alpha value is -1.80. The molecule has 1 fully saturated rings. The molecule has 0 bridgehead atoms. The highest BCUT2D eigenvalue weighted by molar-refractivity contribution is 5.74. The average molecular weight is 281 g/mol. The summed E-state index contributed by atoms with van der Waals surface area (Å²) in [6.45, 7) is 4.46. The number of likely N-dealkylation sites (N-methyl/N-ethyl adjacent to an activating group) is 1. The minimum atomic E-state index is 0.622. The van der Waals surface area contributed by atoms with Crippen molar-refractivity contribution >= 4 is 0 Å². The fraction of sp³-hybridized carbons (Fsp3) is 0.368. The third kappa shape index (κ3) is 2.81. The molecular weight excluding hydrogens is 258 g/mol. The number of rotatable bonds is 3. The number of likely N-dealkylation sites (tertiary alicyclic amines) is 1. The summed E-state index contributed by atoms with van der Waals surface area (Å²) in [6.07, 6.45) is 1.24. The highest BCUT2D eigenvalue weighted by Gasteiger charge is 2.24. The molecular formula is C19H23NO. The van der Waals surface area contributed by atoms with Gasteiger partial charge in [-0.25, -0.2) is 0 Å². The van der Waals surface area contributed by atoms with E-state index in [0.717, 1.165) is 12.3 Å². The number of hydrogen-bond acceptors (Lipinski definition) is 2. The van der Waals surface area contributed by atoms with E-state index in [1.165, 1.54) is 35.2 Å². The van der Waals surface area contributed by atoms with E-state index in [4.69, 9.17) is 4.74 Å². The summed E-state index contributed by atoms with van der Waals surface area (Å²) in [7, 11) is 3.95. The van der Waals surface area contributed by atoms with E-state index in [1.54, 1.807) is 7.11 Å². The number of ether oxygens (including phenoxy) is 1. The predicted octanol–water partition coefficient (Wildman–Crippen LogP) is 4.09. The molecule has 1 aliphatic heterocycles. The minimum absolute atomic E-state index is 0.622. The largest absolute Gasteiger partial charge is 0.496 e. The zero-order valence-corrected chi connectivity index (χ0v) is 13.1. The Morgan fingerprint density at radius 1 is 1.10 bits per heavy atom. The zero-order chi connectivity index (χ0) is 14.8. The van der Waals surface area contributed by atoms with Gasteiger partial charge in [0.25, 0.3) is 0 Å². The lowest BCUT2D eigenvalue weighted by Gasteiger charge is -2.18. The van der Waals surface area contributed by atoms with Crippen LogP contribution >= 0.6 is 0 Å². The molecule has 0 radical (unpaired) electrons. The summed E-state index contributed by atoms with van der Waals surface area (Å²) in [5.41, 5.74) is 5.25. The monoisotopic (exact) mass is 281 g/mol. The van der Waals surface area contributed by atoms with E-state index in [1.807, 2.05) is 0 Å². The first-order valence-electron chi connectivity index (χ1n) is 7.61. The van der Waals surface area contributed by atoms with Crippen molar-refractivity contribution in [1.82, 2.24) is 4.90 Å². The Kier molecular flexibility index (Phi) is 3.98. The summed E-state index contributed by atoms with van der Waals surface area (Å²) in [5.74, 6) is 1.58. The smallest absolute Gasteiger partial charge is 0.126 e. The second-order valence-electron chi connectivity index (χ2n) is 6.04. The van der Waals surface area contributed by atoms with Crippen LogP contribution in [0.15, 0.2) is 42.5 Å². The SMILES string of the molecule is COc1ccc(C)cc1-c1ccccc1C1CCN(C)C1. The molecule has 2 aromatic rings. The Morgan fingerprint density at radius 2 is 1.90 bits per heavy atom. The third-order valence-corrected chi connectivity index (χ3v) is 4.44. The van der Waals surface area contributed by atoms with Gasteiger partial charge in [0.15, 0.2) is 0 Å². The topological polar surface area (TPSA) is 12.5 Å². The standard InChI is InChI=1S/C19H23NO/c1-14-8-9-19(21-3)18(12-14)17-7-5-4-6-16(17)15-10-11-20(2)13-15/h4-9,12,15H,10-11,13H2,1-3H3. The normalized spacial score (nSPS) is 18.9. The predicted molar refractivity (Wildman–Crippen MR) is 88.0 cm³/mol. The van der Waals surface area contributed by atoms with Crippen molar-refractivity contribution in [3.05, 3.63) is 53.6 Å². The van der Waals surface area contributed by atoms with Crippen LogP contribution in [0.5, 0.6) is 5.75 Å². The van der Waals surface area contributed by atoms with E-state index in [9.17, 15) is 0 Å². The highest BCUT2D eigenvalue weighted by Crippen LogP contribution is 2.38. The molecule has 0 spiro atoms. The quantitative estimate of drug-likeness (QED) is 0.840. The van der Waals surface area contributed by atoms with Crippen molar-refractivity contribution in [2.75, 3.05) is 27.2 Å². The molecule has 0 aliphatic carbocycles.